The normalized spacial score (nSPS) is 26.9. The molecule has 0 bridgehead atoms. The highest BCUT2D eigenvalue weighted by Crippen LogP contribution is 2.33. The highest BCUT2D eigenvalue weighted by atomic mass is 32.2. The van der Waals surface area contributed by atoms with Gasteiger partial charge in [-0.25, -0.2) is 14.2 Å². The zero-order valence-corrected chi connectivity index (χ0v) is 23.3. The molecule has 2 aromatic heterocycles. The number of rotatable bonds is 7. The van der Waals surface area contributed by atoms with Crippen LogP contribution < -0.4 is 16.6 Å². The van der Waals surface area contributed by atoms with Gasteiger partial charge in [0.05, 0.1) is 11.6 Å². The van der Waals surface area contributed by atoms with Gasteiger partial charge in [-0.05, 0) is 87.7 Å². The van der Waals surface area contributed by atoms with Crippen molar-refractivity contribution in [3.05, 3.63) is 38.9 Å². The predicted molar refractivity (Wildman–Crippen MR) is 150 cm³/mol. The molecule has 0 aromatic carbocycles. The number of carbonyl (C=O) groups is 1. The molecule has 2 aliphatic carbocycles. The van der Waals surface area contributed by atoms with E-state index in [-0.39, 0.29) is 41.0 Å². The topological polar surface area (TPSA) is 86.0 Å². The Morgan fingerprint density at radius 2 is 1.68 bits per heavy atom. The van der Waals surface area contributed by atoms with E-state index in [1.54, 1.807) is 4.57 Å². The van der Waals surface area contributed by atoms with Gasteiger partial charge in [-0.1, -0.05) is 26.2 Å². The summed E-state index contributed by atoms with van der Waals surface area (Å²) in [4.78, 5) is 44.4. The summed E-state index contributed by atoms with van der Waals surface area (Å²) in [6, 6.07) is 1.000. The summed E-state index contributed by atoms with van der Waals surface area (Å²) in [7, 11) is 0. The van der Waals surface area contributed by atoms with E-state index in [4.69, 9.17) is 0 Å². The first-order valence-corrected chi connectivity index (χ1v) is 15.8. The Labute approximate surface area is 228 Å². The molecule has 1 aliphatic heterocycles. The molecule has 0 unspecified atom stereocenters. The minimum atomic E-state index is -0.573. The van der Waals surface area contributed by atoms with Crippen LogP contribution in [0.5, 0.6) is 0 Å². The molecule has 7 nitrogen and oxygen atoms in total. The Hall–Kier alpha value is -2.16. The Bertz CT molecular complexity index is 1240. The first kappa shape index (κ1) is 27.4. The zero-order valence-electron chi connectivity index (χ0n) is 22.5. The van der Waals surface area contributed by atoms with E-state index in [0.29, 0.717) is 18.5 Å². The number of hydrogen-bond donors (Lipinski definition) is 1. The molecule has 2 saturated carbocycles. The Kier molecular flexibility index (Phi) is 8.91. The third-order valence-electron chi connectivity index (χ3n) is 9.07. The van der Waals surface area contributed by atoms with Gasteiger partial charge < -0.3 is 5.32 Å². The summed E-state index contributed by atoms with van der Waals surface area (Å²) in [5.41, 5.74) is -0.489. The number of aromatic nitrogens is 3. The molecule has 208 valence electrons. The predicted octanol–water partition coefficient (Wildman–Crippen LogP) is 5.36. The molecule has 38 heavy (non-hydrogen) atoms. The molecule has 1 N–H and O–H groups in total. The fourth-order valence-electron chi connectivity index (χ4n) is 6.80. The van der Waals surface area contributed by atoms with E-state index in [2.05, 4.69) is 17.2 Å². The largest absolute Gasteiger partial charge is 0.353 e. The number of pyridine rings is 1. The first-order valence-electron chi connectivity index (χ1n) is 14.7. The van der Waals surface area contributed by atoms with Gasteiger partial charge in [-0.15, -0.1) is 0 Å². The lowest BCUT2D eigenvalue weighted by Gasteiger charge is -2.33. The van der Waals surface area contributed by atoms with Crippen molar-refractivity contribution in [1.29, 1.82) is 0 Å². The van der Waals surface area contributed by atoms with Crippen LogP contribution in [0.4, 0.5) is 4.39 Å². The second-order valence-electron chi connectivity index (χ2n) is 11.6. The molecule has 1 saturated heterocycles. The smallest absolute Gasteiger partial charge is 0.333 e. The number of nitrogens with zero attached hydrogens (tertiary/aromatic N) is 3. The molecule has 0 atom stereocenters. The quantitative estimate of drug-likeness (QED) is 0.507. The van der Waals surface area contributed by atoms with Crippen molar-refractivity contribution < 1.29 is 9.18 Å². The average molecular weight is 545 g/mol. The molecule has 2 aromatic rings. The van der Waals surface area contributed by atoms with E-state index >= 15 is 0 Å². The van der Waals surface area contributed by atoms with Crippen LogP contribution in [-0.4, -0.2) is 37.6 Å². The Balaban J connectivity index is 1.28. The zero-order chi connectivity index (χ0) is 26.6. The number of carbonyl (C=O) groups excluding carboxylic acids is 1. The summed E-state index contributed by atoms with van der Waals surface area (Å²) in [6.45, 7) is 2.23. The summed E-state index contributed by atoms with van der Waals surface area (Å²) < 4.78 is 17.1. The number of fused-ring (bicyclic) bond motifs is 1. The summed E-state index contributed by atoms with van der Waals surface area (Å²) in [6.07, 6.45) is 13.5. The van der Waals surface area contributed by atoms with Crippen LogP contribution in [0, 0.1) is 17.7 Å². The third-order valence-corrected chi connectivity index (χ3v) is 10.1. The lowest BCUT2D eigenvalue weighted by atomic mass is 9.79. The lowest BCUT2D eigenvalue weighted by Crippen LogP contribution is -2.47. The van der Waals surface area contributed by atoms with Crippen molar-refractivity contribution in [3.63, 3.8) is 0 Å². The van der Waals surface area contributed by atoms with Crippen LogP contribution >= 0.6 is 11.8 Å². The van der Waals surface area contributed by atoms with Crippen LogP contribution in [0.3, 0.4) is 0 Å². The highest BCUT2D eigenvalue weighted by Gasteiger charge is 2.32. The van der Waals surface area contributed by atoms with Crippen LogP contribution in [-0.2, 0) is 4.79 Å². The molecule has 3 heterocycles. The van der Waals surface area contributed by atoms with Crippen molar-refractivity contribution >= 4 is 28.7 Å². The fraction of sp³-hybridized carbons (Fsp3) is 0.724. The third kappa shape index (κ3) is 5.87. The Morgan fingerprint density at radius 3 is 2.37 bits per heavy atom. The molecule has 9 heteroatoms. The SMILES string of the molecule is CCCCC1CCC(C(=O)NC2CCC(n3c(=O)c4cc(F)cnc4n(C4CCSCC4)c3=O)CC2)CC1. The number of amides is 1. The van der Waals surface area contributed by atoms with Crippen molar-refractivity contribution in [1.82, 2.24) is 19.4 Å². The van der Waals surface area contributed by atoms with Gasteiger partial charge in [0, 0.05) is 24.0 Å². The molecule has 0 radical (unpaired) electrons. The van der Waals surface area contributed by atoms with E-state index < -0.39 is 11.4 Å². The van der Waals surface area contributed by atoms with E-state index in [9.17, 15) is 18.8 Å². The van der Waals surface area contributed by atoms with Gasteiger partial charge in [-0.2, -0.15) is 11.8 Å². The summed E-state index contributed by atoms with van der Waals surface area (Å²) in [5, 5.41) is 3.45. The number of hydrogen-bond acceptors (Lipinski definition) is 5. The van der Waals surface area contributed by atoms with Crippen LogP contribution in [0.25, 0.3) is 11.0 Å². The van der Waals surface area contributed by atoms with Crippen molar-refractivity contribution in [2.45, 2.75) is 109 Å². The van der Waals surface area contributed by atoms with Crippen LogP contribution in [0.15, 0.2) is 21.9 Å². The summed E-state index contributed by atoms with van der Waals surface area (Å²) >= 11 is 1.86. The van der Waals surface area contributed by atoms with Crippen molar-refractivity contribution in [2.24, 2.45) is 11.8 Å². The number of halogens is 1. The highest BCUT2D eigenvalue weighted by molar-refractivity contribution is 7.99. The van der Waals surface area contributed by atoms with E-state index in [1.165, 1.54) is 29.9 Å². The number of unbranched alkanes of at least 4 members (excludes halogenated alkanes) is 1. The van der Waals surface area contributed by atoms with E-state index in [0.717, 1.165) is 75.0 Å². The maximum Gasteiger partial charge on any atom is 0.333 e. The lowest BCUT2D eigenvalue weighted by molar-refractivity contribution is -0.127. The summed E-state index contributed by atoms with van der Waals surface area (Å²) in [5.74, 6) is 2.38. The van der Waals surface area contributed by atoms with E-state index in [1.807, 2.05) is 11.8 Å². The minimum absolute atomic E-state index is 0.0382. The van der Waals surface area contributed by atoms with Gasteiger partial charge in [0.25, 0.3) is 5.56 Å². The maximum absolute atomic E-state index is 14.1. The molecule has 3 aliphatic rings. The van der Waals surface area contributed by atoms with Gasteiger partial charge in [0.15, 0.2) is 0 Å². The number of thioether (sulfide) groups is 1. The molecule has 5 rings (SSSR count). The van der Waals surface area contributed by atoms with Crippen LogP contribution in [0.1, 0.15) is 102 Å². The second-order valence-corrected chi connectivity index (χ2v) is 12.8. The minimum Gasteiger partial charge on any atom is -0.353 e. The standard InChI is InChI=1S/C29H41FN4O3S/c1-2-3-4-19-5-7-20(8-6-19)27(35)32-22-9-11-23(12-10-22)34-28(36)25-17-21(30)18-31-26(25)33(29(34)37)24-13-15-38-16-14-24/h17-20,22-24H,2-16H2,1H3,(H,32,35). The van der Waals surface area contributed by atoms with Crippen LogP contribution in [0.2, 0.25) is 0 Å². The first-order chi connectivity index (χ1) is 18.5. The fourth-order valence-corrected chi connectivity index (χ4v) is 7.88. The number of nitrogens with one attached hydrogen (secondary N) is 1. The maximum atomic E-state index is 14.1. The van der Waals surface area contributed by atoms with Gasteiger partial charge >= 0.3 is 5.69 Å². The average Bonchev–Trinajstić information content (AvgIpc) is 2.94. The van der Waals surface area contributed by atoms with Gasteiger partial charge in [-0.3, -0.25) is 18.7 Å². The second kappa shape index (κ2) is 12.3. The van der Waals surface area contributed by atoms with Gasteiger partial charge in [0.2, 0.25) is 5.91 Å². The molecular weight excluding hydrogens is 503 g/mol. The molecule has 1 amide bonds. The van der Waals surface area contributed by atoms with Gasteiger partial charge in [0.1, 0.15) is 11.5 Å². The molecular formula is C29H41FN4O3S. The Morgan fingerprint density at radius 1 is 1.00 bits per heavy atom. The van der Waals surface area contributed by atoms with Crippen molar-refractivity contribution in [2.75, 3.05) is 11.5 Å². The monoisotopic (exact) mass is 544 g/mol. The molecule has 0 spiro atoms. The molecule has 3 fully saturated rings. The van der Waals surface area contributed by atoms with Crippen molar-refractivity contribution in [3.8, 4) is 0 Å².